The van der Waals surface area contributed by atoms with E-state index in [2.05, 4.69) is 45.0 Å². The summed E-state index contributed by atoms with van der Waals surface area (Å²) in [7, 11) is 3.97. The summed E-state index contributed by atoms with van der Waals surface area (Å²) in [6.07, 6.45) is 1.18. The average Bonchev–Trinajstić information content (AvgIpc) is 2.26. The van der Waals surface area contributed by atoms with E-state index in [1.54, 1.807) is 7.11 Å². The van der Waals surface area contributed by atoms with Gasteiger partial charge in [0.25, 0.3) is 0 Å². The molecule has 0 saturated carbocycles. The molecule has 0 heterocycles. The van der Waals surface area contributed by atoms with Crippen LogP contribution in [0.3, 0.4) is 0 Å². The van der Waals surface area contributed by atoms with Crippen LogP contribution in [-0.4, -0.2) is 50.8 Å². The maximum atomic E-state index is 5.30. The second-order valence-corrected chi connectivity index (χ2v) is 4.96. The van der Waals surface area contributed by atoms with Crippen molar-refractivity contribution in [1.82, 2.24) is 10.2 Å². The van der Waals surface area contributed by atoms with Gasteiger partial charge in [0.2, 0.25) is 0 Å². The van der Waals surface area contributed by atoms with Gasteiger partial charge in [-0.25, -0.2) is 0 Å². The third kappa shape index (κ3) is 5.83. The summed E-state index contributed by atoms with van der Waals surface area (Å²) in [5.74, 6) is 0.676. The van der Waals surface area contributed by atoms with Gasteiger partial charge in [-0.15, -0.1) is 0 Å². The molecule has 1 N–H and O–H groups in total. The van der Waals surface area contributed by atoms with Crippen LogP contribution in [0.2, 0.25) is 0 Å². The molecule has 0 saturated heterocycles. The van der Waals surface area contributed by atoms with Crippen LogP contribution in [-0.2, 0) is 4.74 Å². The van der Waals surface area contributed by atoms with Crippen molar-refractivity contribution in [1.29, 1.82) is 0 Å². The molecule has 2 atom stereocenters. The highest BCUT2D eigenvalue weighted by Gasteiger charge is 2.21. The highest BCUT2D eigenvalue weighted by atomic mass is 16.5. The third-order valence-electron chi connectivity index (χ3n) is 3.35. The van der Waals surface area contributed by atoms with E-state index < -0.39 is 0 Å². The third-order valence-corrected chi connectivity index (χ3v) is 3.35. The van der Waals surface area contributed by atoms with E-state index >= 15 is 0 Å². The average molecular weight is 230 g/mol. The first-order valence-electron chi connectivity index (χ1n) is 6.46. The Morgan fingerprint density at radius 1 is 1.25 bits per heavy atom. The van der Waals surface area contributed by atoms with Crippen LogP contribution in [0.4, 0.5) is 0 Å². The Balaban J connectivity index is 4.16. The molecule has 3 nitrogen and oxygen atoms in total. The molecule has 0 fully saturated rings. The zero-order valence-electron chi connectivity index (χ0n) is 11.9. The van der Waals surface area contributed by atoms with Crippen LogP contribution in [0.1, 0.15) is 34.1 Å². The Morgan fingerprint density at radius 3 is 2.31 bits per heavy atom. The van der Waals surface area contributed by atoms with Crippen LogP contribution in [0, 0.1) is 5.92 Å². The van der Waals surface area contributed by atoms with Crippen LogP contribution >= 0.6 is 0 Å². The highest BCUT2D eigenvalue weighted by molar-refractivity contribution is 4.77. The molecular formula is C13H30N2O. The minimum absolute atomic E-state index is 0.467. The molecule has 0 amide bonds. The number of nitrogens with zero attached hydrogens (tertiary/aromatic N) is 1. The molecule has 0 aliphatic heterocycles. The molecule has 16 heavy (non-hydrogen) atoms. The first-order chi connectivity index (χ1) is 7.54. The van der Waals surface area contributed by atoms with Crippen molar-refractivity contribution in [3.63, 3.8) is 0 Å². The van der Waals surface area contributed by atoms with Gasteiger partial charge in [0, 0.05) is 25.7 Å². The lowest BCUT2D eigenvalue weighted by atomic mass is 10.0. The highest BCUT2D eigenvalue weighted by Crippen LogP contribution is 2.11. The topological polar surface area (TPSA) is 24.5 Å². The molecule has 0 radical (unpaired) electrons. The number of hydrogen-bond acceptors (Lipinski definition) is 3. The second-order valence-electron chi connectivity index (χ2n) is 4.96. The Morgan fingerprint density at radius 2 is 1.88 bits per heavy atom. The SMILES string of the molecule is CCCNCC(COC)N(C)C(C)C(C)C. The number of methoxy groups -OCH3 is 1. The zero-order valence-corrected chi connectivity index (χ0v) is 11.9. The van der Waals surface area contributed by atoms with Gasteiger partial charge in [-0.3, -0.25) is 4.90 Å². The fraction of sp³-hybridized carbons (Fsp3) is 1.00. The molecule has 3 heteroatoms. The van der Waals surface area contributed by atoms with E-state index in [4.69, 9.17) is 4.74 Å². The van der Waals surface area contributed by atoms with E-state index in [0.717, 1.165) is 19.7 Å². The summed E-state index contributed by atoms with van der Waals surface area (Å²) >= 11 is 0. The monoisotopic (exact) mass is 230 g/mol. The van der Waals surface area contributed by atoms with E-state index in [1.807, 2.05) is 0 Å². The maximum Gasteiger partial charge on any atom is 0.0630 e. The predicted octanol–water partition coefficient (Wildman–Crippen LogP) is 1.98. The van der Waals surface area contributed by atoms with Crippen molar-refractivity contribution in [2.45, 2.75) is 46.2 Å². The Kier molecular flexibility index (Phi) is 8.90. The molecule has 0 rings (SSSR count). The molecular weight excluding hydrogens is 200 g/mol. The van der Waals surface area contributed by atoms with Gasteiger partial charge < -0.3 is 10.1 Å². The van der Waals surface area contributed by atoms with Crippen molar-refractivity contribution in [2.75, 3.05) is 33.9 Å². The van der Waals surface area contributed by atoms with Gasteiger partial charge in [-0.05, 0) is 32.9 Å². The predicted molar refractivity (Wildman–Crippen MR) is 70.9 cm³/mol. The van der Waals surface area contributed by atoms with Crippen molar-refractivity contribution in [3.8, 4) is 0 Å². The number of ether oxygens (including phenoxy) is 1. The minimum Gasteiger partial charge on any atom is -0.383 e. The van der Waals surface area contributed by atoms with Gasteiger partial charge in [0.05, 0.1) is 6.61 Å². The van der Waals surface area contributed by atoms with E-state index in [9.17, 15) is 0 Å². The molecule has 0 aliphatic carbocycles. The van der Waals surface area contributed by atoms with Crippen LogP contribution < -0.4 is 5.32 Å². The van der Waals surface area contributed by atoms with Gasteiger partial charge in [-0.2, -0.15) is 0 Å². The lowest BCUT2D eigenvalue weighted by molar-refractivity contribution is 0.0704. The summed E-state index contributed by atoms with van der Waals surface area (Å²) < 4.78 is 5.30. The molecule has 0 aliphatic rings. The van der Waals surface area contributed by atoms with Crippen molar-refractivity contribution in [3.05, 3.63) is 0 Å². The molecule has 0 spiro atoms. The van der Waals surface area contributed by atoms with Crippen LogP contribution in [0.25, 0.3) is 0 Å². The van der Waals surface area contributed by atoms with Gasteiger partial charge in [-0.1, -0.05) is 20.8 Å². The summed E-state index contributed by atoms with van der Waals surface area (Å²) in [5.41, 5.74) is 0. The quantitative estimate of drug-likeness (QED) is 0.613. The van der Waals surface area contributed by atoms with E-state index in [-0.39, 0.29) is 0 Å². The fourth-order valence-electron chi connectivity index (χ4n) is 1.76. The zero-order chi connectivity index (χ0) is 12.6. The normalized spacial score (nSPS) is 15.8. The number of nitrogens with one attached hydrogen (secondary N) is 1. The first-order valence-corrected chi connectivity index (χ1v) is 6.46. The van der Waals surface area contributed by atoms with Gasteiger partial charge >= 0.3 is 0 Å². The Labute approximate surface area is 102 Å². The number of rotatable bonds is 9. The van der Waals surface area contributed by atoms with Crippen molar-refractivity contribution in [2.24, 2.45) is 5.92 Å². The maximum absolute atomic E-state index is 5.30. The molecule has 0 aromatic carbocycles. The van der Waals surface area contributed by atoms with E-state index in [1.165, 1.54) is 6.42 Å². The lowest BCUT2D eigenvalue weighted by Crippen LogP contribution is -2.48. The van der Waals surface area contributed by atoms with Crippen molar-refractivity contribution >= 4 is 0 Å². The number of likely N-dealkylation sites (N-methyl/N-ethyl adjacent to an activating group) is 1. The second kappa shape index (κ2) is 8.97. The summed E-state index contributed by atoms with van der Waals surface area (Å²) in [6, 6.07) is 1.05. The summed E-state index contributed by atoms with van der Waals surface area (Å²) in [6.45, 7) is 11.9. The molecule has 98 valence electrons. The molecule has 0 aromatic rings. The van der Waals surface area contributed by atoms with Crippen molar-refractivity contribution < 1.29 is 4.74 Å². The van der Waals surface area contributed by atoms with Crippen LogP contribution in [0.5, 0.6) is 0 Å². The smallest absolute Gasteiger partial charge is 0.0630 e. The molecule has 0 aromatic heterocycles. The van der Waals surface area contributed by atoms with Gasteiger partial charge in [0.15, 0.2) is 0 Å². The molecule has 2 unspecified atom stereocenters. The first kappa shape index (κ1) is 15.9. The summed E-state index contributed by atoms with van der Waals surface area (Å²) in [5, 5.41) is 3.47. The number of hydrogen-bond donors (Lipinski definition) is 1. The minimum atomic E-state index is 0.467. The van der Waals surface area contributed by atoms with Gasteiger partial charge in [0.1, 0.15) is 0 Å². The fourth-order valence-corrected chi connectivity index (χ4v) is 1.76. The van der Waals surface area contributed by atoms with E-state index in [0.29, 0.717) is 18.0 Å². The summed E-state index contributed by atoms with van der Waals surface area (Å²) in [4.78, 5) is 2.43. The Hall–Kier alpha value is -0.120. The largest absolute Gasteiger partial charge is 0.383 e. The standard InChI is InChI=1S/C13H30N2O/c1-7-8-14-9-13(10-16-6)15(5)12(4)11(2)3/h11-14H,7-10H2,1-6H3. The lowest BCUT2D eigenvalue weighted by Gasteiger charge is -2.35. The molecule has 0 bridgehead atoms. The Bertz CT molecular complexity index is 162. The van der Waals surface area contributed by atoms with Crippen LogP contribution in [0.15, 0.2) is 0 Å².